The molecule has 24 heavy (non-hydrogen) atoms. The van der Waals surface area contributed by atoms with Crippen molar-refractivity contribution in [3.8, 4) is 11.8 Å². The van der Waals surface area contributed by atoms with E-state index < -0.39 is 11.9 Å². The molecule has 0 spiro atoms. The number of amides is 3. The van der Waals surface area contributed by atoms with E-state index in [0.717, 1.165) is 4.88 Å². The van der Waals surface area contributed by atoms with Crippen molar-refractivity contribution in [2.45, 2.75) is 6.42 Å². The first-order chi connectivity index (χ1) is 11.6. The van der Waals surface area contributed by atoms with Gasteiger partial charge in [-0.3, -0.25) is 10.1 Å². The van der Waals surface area contributed by atoms with E-state index in [1.54, 1.807) is 11.3 Å². The Morgan fingerprint density at radius 3 is 2.83 bits per heavy atom. The lowest BCUT2D eigenvalue weighted by Crippen LogP contribution is -2.42. The Kier molecular flexibility index (Phi) is 6.61. The molecule has 0 radical (unpaired) electrons. The molecule has 1 heterocycles. The second-order valence-electron chi connectivity index (χ2n) is 4.68. The summed E-state index contributed by atoms with van der Waals surface area (Å²) < 4.78 is 5.23. The quantitative estimate of drug-likeness (QED) is 0.825. The highest BCUT2D eigenvalue weighted by Crippen LogP contribution is 2.24. The van der Waals surface area contributed by atoms with E-state index in [4.69, 9.17) is 21.6 Å². The lowest BCUT2D eigenvalue weighted by molar-refractivity contribution is -0.122. The molecule has 2 rings (SSSR count). The number of hydrogen-bond donors (Lipinski definition) is 2. The summed E-state index contributed by atoms with van der Waals surface area (Å²) in [6, 6.07) is 9.74. The average molecular weight is 364 g/mol. The van der Waals surface area contributed by atoms with Crippen molar-refractivity contribution in [1.29, 1.82) is 5.26 Å². The van der Waals surface area contributed by atoms with Gasteiger partial charge < -0.3 is 10.1 Å². The highest BCUT2D eigenvalue weighted by atomic mass is 35.5. The fourth-order valence-corrected chi connectivity index (χ4v) is 2.74. The van der Waals surface area contributed by atoms with E-state index in [1.165, 1.54) is 18.2 Å². The first-order valence-electron chi connectivity index (χ1n) is 7.01. The van der Waals surface area contributed by atoms with Crippen molar-refractivity contribution in [3.63, 3.8) is 0 Å². The molecule has 0 saturated heterocycles. The van der Waals surface area contributed by atoms with Crippen molar-refractivity contribution >= 4 is 34.9 Å². The summed E-state index contributed by atoms with van der Waals surface area (Å²) in [5, 5.41) is 15.7. The number of ether oxygens (including phenoxy) is 1. The molecule has 0 bridgehead atoms. The second-order valence-corrected chi connectivity index (χ2v) is 6.12. The highest BCUT2D eigenvalue weighted by Gasteiger charge is 2.10. The number of carbonyl (C=O) groups is 2. The summed E-state index contributed by atoms with van der Waals surface area (Å²) in [6.07, 6.45) is 0.705. The Bertz CT molecular complexity index is 756. The monoisotopic (exact) mass is 363 g/mol. The summed E-state index contributed by atoms with van der Waals surface area (Å²) >= 11 is 7.54. The Hall–Kier alpha value is -2.56. The van der Waals surface area contributed by atoms with Crippen LogP contribution in [0.4, 0.5) is 4.79 Å². The number of hydrogen-bond acceptors (Lipinski definition) is 5. The van der Waals surface area contributed by atoms with Gasteiger partial charge in [0.25, 0.3) is 5.91 Å². The minimum Gasteiger partial charge on any atom is -0.482 e. The van der Waals surface area contributed by atoms with Gasteiger partial charge in [-0.2, -0.15) is 5.26 Å². The van der Waals surface area contributed by atoms with Gasteiger partial charge in [-0.1, -0.05) is 17.7 Å². The number of thiophene rings is 1. The van der Waals surface area contributed by atoms with Crippen molar-refractivity contribution in [2.75, 3.05) is 13.2 Å². The largest absolute Gasteiger partial charge is 0.482 e. The van der Waals surface area contributed by atoms with E-state index in [9.17, 15) is 9.59 Å². The fourth-order valence-electron chi connectivity index (χ4n) is 1.79. The zero-order chi connectivity index (χ0) is 17.4. The maximum Gasteiger partial charge on any atom is 0.321 e. The molecule has 0 saturated carbocycles. The Morgan fingerprint density at radius 1 is 1.33 bits per heavy atom. The topological polar surface area (TPSA) is 91.2 Å². The third-order valence-corrected chi connectivity index (χ3v) is 4.14. The summed E-state index contributed by atoms with van der Waals surface area (Å²) in [7, 11) is 0. The number of imide groups is 1. The fraction of sp³-hybridized carbons (Fsp3) is 0.188. The first-order valence-corrected chi connectivity index (χ1v) is 8.27. The Labute approximate surface area is 148 Å². The van der Waals surface area contributed by atoms with Crippen LogP contribution in [-0.4, -0.2) is 25.1 Å². The lowest BCUT2D eigenvalue weighted by atomic mass is 10.2. The molecule has 0 unspecified atom stereocenters. The molecule has 8 heteroatoms. The Balaban J connectivity index is 1.70. The van der Waals surface area contributed by atoms with Crippen LogP contribution in [0.5, 0.6) is 5.75 Å². The predicted octanol–water partition coefficient (Wildman–Crippen LogP) is 2.72. The molecule has 2 N–H and O–H groups in total. The molecular weight excluding hydrogens is 350 g/mol. The highest BCUT2D eigenvalue weighted by molar-refractivity contribution is 7.09. The van der Waals surface area contributed by atoms with Gasteiger partial charge in [-0.15, -0.1) is 11.3 Å². The summed E-state index contributed by atoms with van der Waals surface area (Å²) in [4.78, 5) is 24.4. The lowest BCUT2D eigenvalue weighted by Gasteiger charge is -2.09. The molecule has 2 aromatic rings. The number of nitrogens with one attached hydrogen (secondary N) is 2. The molecule has 0 aliphatic carbocycles. The summed E-state index contributed by atoms with van der Waals surface area (Å²) in [5.74, 6) is -0.326. The molecule has 0 fully saturated rings. The average Bonchev–Trinajstić information content (AvgIpc) is 3.07. The minimum atomic E-state index is -0.593. The van der Waals surface area contributed by atoms with Crippen molar-refractivity contribution in [3.05, 3.63) is 51.2 Å². The number of urea groups is 1. The smallest absolute Gasteiger partial charge is 0.321 e. The van der Waals surface area contributed by atoms with E-state index in [1.807, 2.05) is 23.6 Å². The van der Waals surface area contributed by atoms with E-state index in [-0.39, 0.29) is 17.4 Å². The van der Waals surface area contributed by atoms with Gasteiger partial charge in [0.15, 0.2) is 6.61 Å². The summed E-state index contributed by atoms with van der Waals surface area (Å²) in [5.41, 5.74) is 0.391. The molecule has 3 amide bonds. The van der Waals surface area contributed by atoms with Crippen LogP contribution in [0.15, 0.2) is 35.7 Å². The van der Waals surface area contributed by atoms with Gasteiger partial charge in [0.2, 0.25) is 0 Å². The third kappa shape index (κ3) is 5.57. The number of nitriles is 1. The van der Waals surface area contributed by atoms with E-state index >= 15 is 0 Å². The van der Waals surface area contributed by atoms with Crippen LogP contribution >= 0.6 is 22.9 Å². The normalized spacial score (nSPS) is 9.83. The number of carbonyl (C=O) groups excluding carboxylic acids is 2. The van der Waals surface area contributed by atoms with Crippen molar-refractivity contribution in [2.24, 2.45) is 0 Å². The summed E-state index contributed by atoms with van der Waals surface area (Å²) in [6.45, 7) is 0.0753. The van der Waals surface area contributed by atoms with Crippen molar-refractivity contribution < 1.29 is 14.3 Å². The van der Waals surface area contributed by atoms with Crippen molar-refractivity contribution in [1.82, 2.24) is 10.6 Å². The molecule has 1 aromatic heterocycles. The zero-order valence-electron chi connectivity index (χ0n) is 12.5. The molecule has 0 atom stereocenters. The van der Waals surface area contributed by atoms with Crippen LogP contribution in [0.3, 0.4) is 0 Å². The minimum absolute atomic E-state index is 0.224. The van der Waals surface area contributed by atoms with Gasteiger partial charge in [0, 0.05) is 11.4 Å². The van der Waals surface area contributed by atoms with Crippen LogP contribution < -0.4 is 15.4 Å². The number of halogens is 1. The van der Waals surface area contributed by atoms with Gasteiger partial charge in [-0.25, -0.2) is 4.79 Å². The van der Waals surface area contributed by atoms with Gasteiger partial charge >= 0.3 is 6.03 Å². The van der Waals surface area contributed by atoms with Crippen LogP contribution in [0.25, 0.3) is 0 Å². The molecule has 6 nitrogen and oxygen atoms in total. The van der Waals surface area contributed by atoms with E-state index in [2.05, 4.69) is 10.6 Å². The molecule has 0 aliphatic heterocycles. The van der Waals surface area contributed by atoms with Gasteiger partial charge in [0.05, 0.1) is 16.7 Å². The van der Waals surface area contributed by atoms with E-state index in [0.29, 0.717) is 18.5 Å². The SMILES string of the molecule is N#Cc1ccc(OCC(=O)NC(=O)NCCc2cccs2)c(Cl)c1. The van der Waals surface area contributed by atoms with Gasteiger partial charge in [-0.05, 0) is 36.1 Å². The van der Waals surface area contributed by atoms with Crippen LogP contribution in [0.2, 0.25) is 5.02 Å². The maximum absolute atomic E-state index is 11.7. The number of benzene rings is 1. The second kappa shape index (κ2) is 8.91. The number of nitrogens with zero attached hydrogens (tertiary/aromatic N) is 1. The first kappa shape index (κ1) is 17.8. The molecule has 0 aliphatic rings. The standard InChI is InChI=1S/C16H14ClN3O3S/c17-13-8-11(9-18)3-4-14(13)23-10-15(21)20-16(22)19-6-5-12-2-1-7-24-12/h1-4,7-8H,5-6,10H2,(H2,19,20,21,22). The predicted molar refractivity (Wildman–Crippen MR) is 91.2 cm³/mol. The molecular formula is C16H14ClN3O3S. The zero-order valence-corrected chi connectivity index (χ0v) is 14.1. The third-order valence-electron chi connectivity index (χ3n) is 2.91. The molecule has 124 valence electrons. The maximum atomic E-state index is 11.7. The Morgan fingerprint density at radius 2 is 2.17 bits per heavy atom. The van der Waals surface area contributed by atoms with Crippen LogP contribution in [0, 0.1) is 11.3 Å². The van der Waals surface area contributed by atoms with Crippen LogP contribution in [-0.2, 0) is 11.2 Å². The van der Waals surface area contributed by atoms with Gasteiger partial charge in [0.1, 0.15) is 5.75 Å². The number of rotatable bonds is 6. The molecule has 1 aromatic carbocycles. The van der Waals surface area contributed by atoms with Crippen LogP contribution in [0.1, 0.15) is 10.4 Å².